The average Bonchev–Trinajstić information content (AvgIpc) is 3.17. The fraction of sp³-hybridized carbons (Fsp3) is 0.467. The van der Waals surface area contributed by atoms with Gasteiger partial charge < -0.3 is 10.4 Å². The summed E-state index contributed by atoms with van der Waals surface area (Å²) in [5.41, 5.74) is -0.692. The summed E-state index contributed by atoms with van der Waals surface area (Å²) in [5.74, 6) is -1.02. The highest BCUT2D eigenvalue weighted by Crippen LogP contribution is 2.45. The molecule has 1 aromatic carbocycles. The van der Waals surface area contributed by atoms with Crippen LogP contribution in [0.4, 0.5) is 0 Å². The van der Waals surface area contributed by atoms with Crippen molar-refractivity contribution in [3.05, 3.63) is 34.9 Å². The topological polar surface area (TPSA) is 66.4 Å². The van der Waals surface area contributed by atoms with Gasteiger partial charge in [-0.15, -0.1) is 0 Å². The van der Waals surface area contributed by atoms with Crippen LogP contribution in [0.25, 0.3) is 0 Å². The van der Waals surface area contributed by atoms with Crippen molar-refractivity contribution in [2.75, 3.05) is 6.54 Å². The van der Waals surface area contributed by atoms with Crippen LogP contribution in [0.15, 0.2) is 24.3 Å². The Morgan fingerprint density at radius 3 is 2.55 bits per heavy atom. The summed E-state index contributed by atoms with van der Waals surface area (Å²) in [7, 11) is 0. The summed E-state index contributed by atoms with van der Waals surface area (Å²) in [6, 6.07) is 7.15. The fourth-order valence-corrected chi connectivity index (χ4v) is 2.29. The number of halogens is 1. The van der Waals surface area contributed by atoms with Crippen molar-refractivity contribution in [1.82, 2.24) is 5.32 Å². The van der Waals surface area contributed by atoms with Gasteiger partial charge in [-0.2, -0.15) is 0 Å². The minimum Gasteiger partial charge on any atom is -0.481 e. The van der Waals surface area contributed by atoms with Crippen molar-refractivity contribution in [2.45, 2.75) is 32.1 Å². The zero-order chi connectivity index (χ0) is 15.0. The van der Waals surface area contributed by atoms with Crippen molar-refractivity contribution in [1.29, 1.82) is 0 Å². The molecule has 2 N–H and O–H groups in total. The Morgan fingerprint density at radius 1 is 1.40 bits per heavy atom. The molecular formula is C15H18ClNO3. The molecule has 0 radical (unpaired) electrons. The van der Waals surface area contributed by atoms with Gasteiger partial charge in [0.25, 0.3) is 0 Å². The van der Waals surface area contributed by atoms with Gasteiger partial charge in [-0.25, -0.2) is 0 Å². The molecule has 1 fully saturated rings. The van der Waals surface area contributed by atoms with Gasteiger partial charge in [0.05, 0.1) is 10.8 Å². The van der Waals surface area contributed by atoms with E-state index in [4.69, 9.17) is 16.7 Å². The molecule has 0 aliphatic heterocycles. The van der Waals surface area contributed by atoms with Gasteiger partial charge in [-0.05, 0) is 44.4 Å². The Kier molecular flexibility index (Phi) is 3.78. The number of carboxylic acid groups (broad SMARTS) is 1. The fourth-order valence-electron chi connectivity index (χ4n) is 2.10. The highest BCUT2D eigenvalue weighted by molar-refractivity contribution is 6.30. The van der Waals surface area contributed by atoms with Crippen LogP contribution in [0.1, 0.15) is 32.3 Å². The molecule has 4 nitrogen and oxygen atoms in total. The lowest BCUT2D eigenvalue weighted by atomic mass is 9.83. The van der Waals surface area contributed by atoms with Gasteiger partial charge in [0.15, 0.2) is 0 Å². The molecular weight excluding hydrogens is 278 g/mol. The van der Waals surface area contributed by atoms with E-state index in [-0.39, 0.29) is 12.5 Å². The molecule has 1 aromatic rings. The van der Waals surface area contributed by atoms with Crippen LogP contribution in [0.3, 0.4) is 0 Å². The van der Waals surface area contributed by atoms with E-state index in [1.807, 2.05) is 6.07 Å². The number of hydrogen-bond acceptors (Lipinski definition) is 2. The second-order valence-corrected chi connectivity index (χ2v) is 6.34. The smallest absolute Gasteiger partial charge is 0.311 e. The lowest BCUT2D eigenvalue weighted by molar-refractivity contribution is -0.143. The van der Waals surface area contributed by atoms with Gasteiger partial charge in [-0.3, -0.25) is 9.59 Å². The first kappa shape index (κ1) is 14.9. The average molecular weight is 296 g/mol. The van der Waals surface area contributed by atoms with Crippen LogP contribution in [0.2, 0.25) is 5.02 Å². The van der Waals surface area contributed by atoms with Crippen LogP contribution < -0.4 is 5.32 Å². The minimum atomic E-state index is -0.835. The Bertz CT molecular complexity index is 550. The third-order valence-electron chi connectivity index (χ3n) is 4.01. The molecule has 0 bridgehead atoms. The Morgan fingerprint density at radius 2 is 2.05 bits per heavy atom. The number of nitrogens with one attached hydrogen (secondary N) is 1. The number of amides is 1. The van der Waals surface area contributed by atoms with Gasteiger partial charge in [0.2, 0.25) is 5.91 Å². The van der Waals surface area contributed by atoms with Crippen LogP contribution in [0, 0.1) is 5.41 Å². The summed E-state index contributed by atoms with van der Waals surface area (Å²) in [6.07, 6.45) is 1.25. The molecule has 5 heteroatoms. The second kappa shape index (κ2) is 5.09. The zero-order valence-corrected chi connectivity index (χ0v) is 12.3. The molecule has 0 aromatic heterocycles. The van der Waals surface area contributed by atoms with Crippen LogP contribution in [-0.4, -0.2) is 23.5 Å². The van der Waals surface area contributed by atoms with Crippen LogP contribution >= 0.6 is 11.6 Å². The van der Waals surface area contributed by atoms with E-state index in [0.717, 1.165) is 5.56 Å². The monoisotopic (exact) mass is 295 g/mol. The Hall–Kier alpha value is -1.55. The zero-order valence-electron chi connectivity index (χ0n) is 11.6. The molecule has 20 heavy (non-hydrogen) atoms. The van der Waals surface area contributed by atoms with Gasteiger partial charge >= 0.3 is 5.97 Å². The first-order valence-corrected chi connectivity index (χ1v) is 6.93. The highest BCUT2D eigenvalue weighted by atomic mass is 35.5. The first-order valence-electron chi connectivity index (χ1n) is 6.56. The van der Waals surface area contributed by atoms with E-state index in [0.29, 0.717) is 17.9 Å². The van der Waals surface area contributed by atoms with E-state index in [1.54, 1.807) is 32.0 Å². The molecule has 0 spiro atoms. The summed E-state index contributed by atoms with van der Waals surface area (Å²) >= 11 is 5.95. The maximum Gasteiger partial charge on any atom is 0.311 e. The summed E-state index contributed by atoms with van der Waals surface area (Å²) in [6.45, 7) is 3.79. The molecule has 108 valence electrons. The Balaban J connectivity index is 2.06. The van der Waals surface area contributed by atoms with Crippen LogP contribution in [-0.2, 0) is 15.0 Å². The number of benzene rings is 1. The highest BCUT2D eigenvalue weighted by Gasteiger charge is 2.50. The predicted octanol–water partition coefficient (Wildman–Crippen LogP) is 2.60. The van der Waals surface area contributed by atoms with E-state index >= 15 is 0 Å². The first-order chi connectivity index (χ1) is 9.28. The van der Waals surface area contributed by atoms with E-state index in [9.17, 15) is 9.59 Å². The van der Waals surface area contributed by atoms with Crippen molar-refractivity contribution < 1.29 is 14.7 Å². The van der Waals surface area contributed by atoms with Gasteiger partial charge in [-0.1, -0.05) is 23.7 Å². The molecule has 0 atom stereocenters. The number of carbonyl (C=O) groups excluding carboxylic acids is 1. The number of hydrogen-bond donors (Lipinski definition) is 2. The van der Waals surface area contributed by atoms with Gasteiger partial charge in [0, 0.05) is 11.6 Å². The minimum absolute atomic E-state index is 0.186. The van der Waals surface area contributed by atoms with E-state index in [1.165, 1.54) is 0 Å². The molecule has 1 saturated carbocycles. The normalized spacial score (nSPS) is 16.6. The number of aliphatic carboxylic acids is 1. The lowest BCUT2D eigenvalue weighted by Gasteiger charge is -2.25. The van der Waals surface area contributed by atoms with Crippen LogP contribution in [0.5, 0.6) is 0 Å². The van der Waals surface area contributed by atoms with Crippen molar-refractivity contribution in [3.8, 4) is 0 Å². The van der Waals surface area contributed by atoms with E-state index in [2.05, 4.69) is 5.32 Å². The molecule has 1 aliphatic carbocycles. The largest absolute Gasteiger partial charge is 0.481 e. The third kappa shape index (κ3) is 2.80. The summed E-state index contributed by atoms with van der Waals surface area (Å²) in [4.78, 5) is 23.4. The summed E-state index contributed by atoms with van der Waals surface area (Å²) < 4.78 is 0. The molecule has 1 aliphatic rings. The second-order valence-electron chi connectivity index (χ2n) is 5.90. The molecule has 0 unspecified atom stereocenters. The van der Waals surface area contributed by atoms with Crippen molar-refractivity contribution in [2.24, 2.45) is 5.41 Å². The molecule has 1 amide bonds. The third-order valence-corrected chi connectivity index (χ3v) is 4.24. The maximum absolute atomic E-state index is 12.3. The number of carbonyl (C=O) groups is 2. The molecule has 2 rings (SSSR count). The quantitative estimate of drug-likeness (QED) is 0.877. The molecule has 0 heterocycles. The Labute approximate surface area is 123 Å². The van der Waals surface area contributed by atoms with E-state index < -0.39 is 16.8 Å². The maximum atomic E-state index is 12.3. The molecule has 0 saturated heterocycles. The lowest BCUT2D eigenvalue weighted by Crippen LogP contribution is -2.43. The standard InChI is InChI=1S/C15H18ClNO3/c1-14(2,10-4-3-5-11(16)8-10)12(18)17-9-15(6-7-15)13(19)20/h3-5,8H,6-7,9H2,1-2H3,(H,17,18)(H,19,20). The van der Waals surface area contributed by atoms with Crippen molar-refractivity contribution >= 4 is 23.5 Å². The summed E-state index contributed by atoms with van der Waals surface area (Å²) in [5, 5.41) is 12.4. The van der Waals surface area contributed by atoms with Gasteiger partial charge in [0.1, 0.15) is 0 Å². The number of carboxylic acids is 1. The van der Waals surface area contributed by atoms with Crippen molar-refractivity contribution in [3.63, 3.8) is 0 Å². The number of rotatable bonds is 5. The predicted molar refractivity (Wildman–Crippen MR) is 76.8 cm³/mol. The SMILES string of the molecule is CC(C)(C(=O)NCC1(C(=O)O)CC1)c1cccc(Cl)c1.